The van der Waals surface area contributed by atoms with Crippen molar-refractivity contribution in [3.63, 3.8) is 0 Å². The number of rotatable bonds is 8. The number of hydrogen-bond acceptors (Lipinski definition) is 1. The van der Waals surface area contributed by atoms with E-state index in [1.807, 2.05) is 30.3 Å². The minimum absolute atomic E-state index is 0.274. The molecular formula is C18H21BrO. The Hall–Kier alpha value is -1.15. The molecule has 2 heteroatoms. The lowest BCUT2D eigenvalue weighted by Crippen LogP contribution is -1.98. The van der Waals surface area contributed by atoms with Crippen LogP contribution in [-0.2, 0) is 0 Å². The van der Waals surface area contributed by atoms with Crippen molar-refractivity contribution in [1.82, 2.24) is 0 Å². The van der Waals surface area contributed by atoms with Crippen molar-refractivity contribution in [3.8, 4) is 0 Å². The molecule has 0 saturated heterocycles. The van der Waals surface area contributed by atoms with Gasteiger partial charge in [-0.15, -0.1) is 0 Å². The number of benzene rings is 2. The van der Waals surface area contributed by atoms with Crippen LogP contribution in [0.2, 0.25) is 0 Å². The van der Waals surface area contributed by atoms with E-state index in [0.717, 1.165) is 29.1 Å². The van der Waals surface area contributed by atoms with Gasteiger partial charge in [-0.05, 0) is 29.7 Å². The molecule has 0 fully saturated rings. The van der Waals surface area contributed by atoms with Crippen molar-refractivity contribution < 1.29 is 4.79 Å². The Morgan fingerprint density at radius 1 is 0.850 bits per heavy atom. The molecule has 1 nitrogen and oxygen atoms in total. The third-order valence-corrected chi connectivity index (χ3v) is 4.17. The second-order valence-corrected chi connectivity index (χ2v) is 5.98. The third-order valence-electron chi connectivity index (χ3n) is 3.61. The second kappa shape index (κ2) is 8.21. The van der Waals surface area contributed by atoms with Crippen LogP contribution in [0.25, 0.3) is 10.8 Å². The highest BCUT2D eigenvalue weighted by molar-refractivity contribution is 9.09. The van der Waals surface area contributed by atoms with Gasteiger partial charge in [0.1, 0.15) is 0 Å². The fourth-order valence-corrected chi connectivity index (χ4v) is 2.81. The van der Waals surface area contributed by atoms with Gasteiger partial charge in [-0.25, -0.2) is 0 Å². The van der Waals surface area contributed by atoms with Gasteiger partial charge in [-0.1, -0.05) is 71.6 Å². The fourth-order valence-electron chi connectivity index (χ4n) is 2.42. The molecule has 0 atom stereocenters. The molecule has 0 spiro atoms. The van der Waals surface area contributed by atoms with Crippen LogP contribution in [-0.4, -0.2) is 11.1 Å². The summed E-state index contributed by atoms with van der Waals surface area (Å²) in [6.45, 7) is 0. The SMILES string of the molecule is O=C(CCCCCCCBr)c1ccc2ccccc2c1. The molecule has 0 unspecified atom stereocenters. The van der Waals surface area contributed by atoms with Gasteiger partial charge in [-0.3, -0.25) is 4.79 Å². The van der Waals surface area contributed by atoms with Gasteiger partial charge < -0.3 is 0 Å². The number of ketones is 1. The molecule has 0 radical (unpaired) electrons. The summed E-state index contributed by atoms with van der Waals surface area (Å²) in [5.74, 6) is 0.274. The van der Waals surface area contributed by atoms with Gasteiger partial charge in [0.2, 0.25) is 0 Å². The van der Waals surface area contributed by atoms with Crippen molar-refractivity contribution in [2.45, 2.75) is 38.5 Å². The van der Waals surface area contributed by atoms with E-state index in [4.69, 9.17) is 0 Å². The number of fused-ring (bicyclic) bond motifs is 1. The highest BCUT2D eigenvalue weighted by Gasteiger charge is 2.06. The first kappa shape index (κ1) is 15.2. The van der Waals surface area contributed by atoms with Crippen molar-refractivity contribution in [3.05, 3.63) is 48.0 Å². The lowest BCUT2D eigenvalue weighted by Gasteiger charge is -2.04. The maximum atomic E-state index is 12.2. The Morgan fingerprint density at radius 2 is 1.55 bits per heavy atom. The molecule has 0 heterocycles. The summed E-state index contributed by atoms with van der Waals surface area (Å²) in [5.41, 5.74) is 0.851. The summed E-state index contributed by atoms with van der Waals surface area (Å²) in [6, 6.07) is 14.2. The van der Waals surface area contributed by atoms with Crippen molar-refractivity contribution in [2.24, 2.45) is 0 Å². The summed E-state index contributed by atoms with van der Waals surface area (Å²) in [5, 5.41) is 3.43. The van der Waals surface area contributed by atoms with Gasteiger partial charge in [0.05, 0.1) is 0 Å². The predicted molar refractivity (Wildman–Crippen MR) is 89.8 cm³/mol. The number of carbonyl (C=O) groups is 1. The molecule has 2 aromatic rings. The number of halogens is 1. The minimum Gasteiger partial charge on any atom is -0.294 e. The van der Waals surface area contributed by atoms with Crippen molar-refractivity contribution in [2.75, 3.05) is 5.33 Å². The zero-order chi connectivity index (χ0) is 14.2. The van der Waals surface area contributed by atoms with Crippen LogP contribution in [0.3, 0.4) is 0 Å². The van der Waals surface area contributed by atoms with Crippen LogP contribution in [0, 0.1) is 0 Å². The molecule has 0 amide bonds. The van der Waals surface area contributed by atoms with E-state index in [-0.39, 0.29) is 5.78 Å². The Balaban J connectivity index is 1.84. The Morgan fingerprint density at radius 3 is 2.35 bits per heavy atom. The third kappa shape index (κ3) is 4.45. The number of alkyl halides is 1. The van der Waals surface area contributed by atoms with Crippen LogP contribution in [0.1, 0.15) is 48.9 Å². The molecule has 0 aromatic heterocycles. The molecule has 0 bridgehead atoms. The van der Waals surface area contributed by atoms with Crippen molar-refractivity contribution >= 4 is 32.5 Å². The molecular weight excluding hydrogens is 312 g/mol. The quantitative estimate of drug-likeness (QED) is 0.341. The largest absolute Gasteiger partial charge is 0.294 e. The summed E-state index contributed by atoms with van der Waals surface area (Å²) in [4.78, 5) is 12.2. The number of carbonyl (C=O) groups excluding carboxylic acids is 1. The van der Waals surface area contributed by atoms with Gasteiger partial charge in [0.25, 0.3) is 0 Å². The zero-order valence-electron chi connectivity index (χ0n) is 11.8. The van der Waals surface area contributed by atoms with E-state index < -0.39 is 0 Å². The summed E-state index contributed by atoms with van der Waals surface area (Å²) in [6.07, 6.45) is 6.57. The Bertz CT molecular complexity index is 562. The van der Waals surface area contributed by atoms with Gasteiger partial charge in [0, 0.05) is 17.3 Å². The minimum atomic E-state index is 0.274. The zero-order valence-corrected chi connectivity index (χ0v) is 13.4. The van der Waals surface area contributed by atoms with E-state index in [0.29, 0.717) is 6.42 Å². The summed E-state index contributed by atoms with van der Waals surface area (Å²) < 4.78 is 0. The smallest absolute Gasteiger partial charge is 0.162 e. The summed E-state index contributed by atoms with van der Waals surface area (Å²) in [7, 11) is 0. The monoisotopic (exact) mass is 332 g/mol. The maximum absolute atomic E-state index is 12.2. The standard InChI is InChI=1S/C18H21BrO/c19-13-7-3-1-2-4-10-18(20)17-12-11-15-8-5-6-9-16(15)14-17/h5-6,8-9,11-12,14H,1-4,7,10,13H2. The molecule has 0 saturated carbocycles. The first-order valence-electron chi connectivity index (χ1n) is 7.39. The first-order chi connectivity index (χ1) is 9.81. The highest BCUT2D eigenvalue weighted by Crippen LogP contribution is 2.17. The highest BCUT2D eigenvalue weighted by atomic mass is 79.9. The maximum Gasteiger partial charge on any atom is 0.162 e. The number of unbranched alkanes of at least 4 members (excludes halogenated alkanes) is 4. The van der Waals surface area contributed by atoms with E-state index in [1.165, 1.54) is 24.6 Å². The molecule has 2 aromatic carbocycles. The number of Topliss-reactive ketones (excluding diaryl/α,β-unsaturated/α-hetero) is 1. The van der Waals surface area contributed by atoms with E-state index in [1.54, 1.807) is 0 Å². The van der Waals surface area contributed by atoms with Gasteiger partial charge in [-0.2, -0.15) is 0 Å². The molecule has 0 N–H and O–H groups in total. The van der Waals surface area contributed by atoms with E-state index in [9.17, 15) is 4.79 Å². The topological polar surface area (TPSA) is 17.1 Å². The van der Waals surface area contributed by atoms with Crippen LogP contribution in [0.4, 0.5) is 0 Å². The van der Waals surface area contributed by atoms with Gasteiger partial charge >= 0.3 is 0 Å². The van der Waals surface area contributed by atoms with Crippen LogP contribution in [0.5, 0.6) is 0 Å². The van der Waals surface area contributed by atoms with Crippen LogP contribution >= 0.6 is 15.9 Å². The molecule has 2 rings (SSSR count). The van der Waals surface area contributed by atoms with E-state index in [2.05, 4.69) is 28.1 Å². The normalized spacial score (nSPS) is 10.8. The lowest BCUT2D eigenvalue weighted by atomic mass is 10.0. The first-order valence-corrected chi connectivity index (χ1v) is 8.51. The average Bonchev–Trinajstić information content (AvgIpc) is 2.50. The number of hydrogen-bond donors (Lipinski definition) is 0. The fraction of sp³-hybridized carbons (Fsp3) is 0.389. The average molecular weight is 333 g/mol. The molecule has 0 aliphatic heterocycles. The van der Waals surface area contributed by atoms with E-state index >= 15 is 0 Å². The lowest BCUT2D eigenvalue weighted by molar-refractivity contribution is 0.0979. The molecule has 0 aliphatic carbocycles. The molecule has 0 aliphatic rings. The predicted octanol–water partition coefficient (Wildman–Crippen LogP) is 5.76. The molecule has 20 heavy (non-hydrogen) atoms. The molecule has 106 valence electrons. The van der Waals surface area contributed by atoms with Crippen molar-refractivity contribution in [1.29, 1.82) is 0 Å². The Labute approximate surface area is 129 Å². The van der Waals surface area contributed by atoms with Crippen LogP contribution in [0.15, 0.2) is 42.5 Å². The second-order valence-electron chi connectivity index (χ2n) is 5.19. The van der Waals surface area contributed by atoms with Crippen LogP contribution < -0.4 is 0 Å². The summed E-state index contributed by atoms with van der Waals surface area (Å²) >= 11 is 3.44. The van der Waals surface area contributed by atoms with Gasteiger partial charge in [0.15, 0.2) is 5.78 Å². The Kier molecular flexibility index (Phi) is 6.25.